The Bertz CT molecular complexity index is 193. The average Bonchev–Trinajstić information content (AvgIpc) is 2.58. The Morgan fingerprint density at radius 1 is 1.46 bits per heavy atom. The van der Waals surface area contributed by atoms with E-state index in [1.807, 2.05) is 0 Å². The standard InChI is InChI=1S/C10H19FN2/c1-10(2)9-6-12-5-8(9)7-13(10)4-3-11/h8-9,12H,3-7H2,1-2H3. The van der Waals surface area contributed by atoms with Crippen molar-refractivity contribution in [2.24, 2.45) is 11.8 Å². The molecule has 76 valence electrons. The summed E-state index contributed by atoms with van der Waals surface area (Å²) in [5.74, 6) is 1.47. The molecule has 0 aromatic rings. The Kier molecular flexibility index (Phi) is 2.32. The topological polar surface area (TPSA) is 15.3 Å². The van der Waals surface area contributed by atoms with Gasteiger partial charge in [0.2, 0.25) is 0 Å². The number of likely N-dealkylation sites (tertiary alicyclic amines) is 1. The highest BCUT2D eigenvalue weighted by Crippen LogP contribution is 2.40. The van der Waals surface area contributed by atoms with E-state index >= 15 is 0 Å². The Balaban J connectivity index is 2.09. The van der Waals surface area contributed by atoms with Crippen molar-refractivity contribution in [2.45, 2.75) is 19.4 Å². The summed E-state index contributed by atoms with van der Waals surface area (Å²) in [4.78, 5) is 2.31. The maximum absolute atomic E-state index is 12.3. The van der Waals surface area contributed by atoms with Crippen LogP contribution in [-0.4, -0.2) is 43.3 Å². The van der Waals surface area contributed by atoms with Crippen LogP contribution in [0.25, 0.3) is 0 Å². The predicted octanol–water partition coefficient (Wildman–Crippen LogP) is 0.886. The van der Waals surface area contributed by atoms with Gasteiger partial charge < -0.3 is 5.32 Å². The summed E-state index contributed by atoms with van der Waals surface area (Å²) >= 11 is 0. The van der Waals surface area contributed by atoms with Crippen LogP contribution < -0.4 is 5.32 Å². The van der Waals surface area contributed by atoms with Crippen LogP contribution in [0.1, 0.15) is 13.8 Å². The highest BCUT2D eigenvalue weighted by Gasteiger charge is 2.48. The lowest BCUT2D eigenvalue weighted by molar-refractivity contribution is 0.130. The zero-order valence-corrected chi connectivity index (χ0v) is 8.52. The number of hydrogen-bond donors (Lipinski definition) is 1. The maximum Gasteiger partial charge on any atom is 0.102 e. The SMILES string of the molecule is CC1(C)C2CNCC2CN1CCF. The average molecular weight is 186 g/mol. The first-order chi connectivity index (χ1) is 6.16. The highest BCUT2D eigenvalue weighted by molar-refractivity contribution is 5.04. The van der Waals surface area contributed by atoms with Crippen molar-refractivity contribution in [1.82, 2.24) is 10.2 Å². The van der Waals surface area contributed by atoms with Crippen LogP contribution in [0.4, 0.5) is 4.39 Å². The van der Waals surface area contributed by atoms with Crippen LogP contribution in [0.2, 0.25) is 0 Å². The summed E-state index contributed by atoms with van der Waals surface area (Å²) < 4.78 is 12.3. The lowest BCUT2D eigenvalue weighted by Gasteiger charge is -2.34. The molecule has 2 rings (SSSR count). The normalized spacial score (nSPS) is 38.1. The quantitative estimate of drug-likeness (QED) is 0.689. The van der Waals surface area contributed by atoms with Gasteiger partial charge in [-0.2, -0.15) is 0 Å². The van der Waals surface area contributed by atoms with E-state index in [-0.39, 0.29) is 12.2 Å². The molecule has 0 aliphatic carbocycles. The Labute approximate surface area is 79.5 Å². The van der Waals surface area contributed by atoms with Crippen LogP contribution in [0, 0.1) is 11.8 Å². The first-order valence-electron chi connectivity index (χ1n) is 5.18. The van der Waals surface area contributed by atoms with Crippen LogP contribution in [0.15, 0.2) is 0 Å². The van der Waals surface area contributed by atoms with E-state index < -0.39 is 0 Å². The molecule has 0 spiro atoms. The summed E-state index contributed by atoms with van der Waals surface area (Å²) in [5.41, 5.74) is 0.195. The van der Waals surface area contributed by atoms with Crippen LogP contribution in [-0.2, 0) is 0 Å². The number of nitrogens with zero attached hydrogens (tertiary/aromatic N) is 1. The minimum Gasteiger partial charge on any atom is -0.316 e. The van der Waals surface area contributed by atoms with Gasteiger partial charge in [-0.25, -0.2) is 4.39 Å². The molecular weight excluding hydrogens is 167 g/mol. The van der Waals surface area contributed by atoms with Gasteiger partial charge in [0.15, 0.2) is 0 Å². The molecule has 2 unspecified atom stereocenters. The van der Waals surface area contributed by atoms with E-state index in [0.29, 0.717) is 6.54 Å². The summed E-state index contributed by atoms with van der Waals surface area (Å²) in [7, 11) is 0. The van der Waals surface area contributed by atoms with Gasteiger partial charge in [0, 0.05) is 25.2 Å². The number of alkyl halides is 1. The molecule has 2 atom stereocenters. The van der Waals surface area contributed by atoms with E-state index in [1.54, 1.807) is 0 Å². The molecule has 0 amide bonds. The maximum atomic E-state index is 12.3. The summed E-state index contributed by atoms with van der Waals surface area (Å²) in [6.07, 6.45) is 0. The third kappa shape index (κ3) is 1.38. The molecule has 0 aromatic heterocycles. The molecule has 2 saturated heterocycles. The molecule has 3 heteroatoms. The van der Waals surface area contributed by atoms with E-state index in [9.17, 15) is 4.39 Å². The second kappa shape index (κ2) is 3.21. The van der Waals surface area contributed by atoms with E-state index in [4.69, 9.17) is 0 Å². The fourth-order valence-corrected chi connectivity index (χ4v) is 2.99. The lowest BCUT2D eigenvalue weighted by Crippen LogP contribution is -2.45. The van der Waals surface area contributed by atoms with Crippen molar-refractivity contribution in [3.8, 4) is 0 Å². The van der Waals surface area contributed by atoms with Crippen molar-refractivity contribution in [1.29, 1.82) is 0 Å². The minimum atomic E-state index is -0.212. The molecule has 2 heterocycles. The van der Waals surface area contributed by atoms with E-state index in [1.165, 1.54) is 0 Å². The molecule has 0 aromatic carbocycles. The van der Waals surface area contributed by atoms with Crippen molar-refractivity contribution in [3.05, 3.63) is 0 Å². The van der Waals surface area contributed by atoms with Gasteiger partial charge in [-0.05, 0) is 32.2 Å². The molecule has 2 aliphatic heterocycles. The molecule has 2 fully saturated rings. The molecule has 1 N–H and O–H groups in total. The molecule has 13 heavy (non-hydrogen) atoms. The molecule has 0 saturated carbocycles. The Morgan fingerprint density at radius 3 is 2.85 bits per heavy atom. The predicted molar refractivity (Wildman–Crippen MR) is 51.5 cm³/mol. The number of nitrogens with one attached hydrogen (secondary N) is 1. The fraction of sp³-hybridized carbons (Fsp3) is 1.00. The van der Waals surface area contributed by atoms with Gasteiger partial charge >= 0.3 is 0 Å². The second-order valence-electron chi connectivity index (χ2n) is 4.81. The van der Waals surface area contributed by atoms with Gasteiger partial charge in [0.05, 0.1) is 0 Å². The van der Waals surface area contributed by atoms with Crippen LogP contribution in [0.3, 0.4) is 0 Å². The summed E-state index contributed by atoms with van der Waals surface area (Å²) in [5, 5.41) is 3.42. The zero-order valence-electron chi connectivity index (χ0n) is 8.52. The third-order valence-corrected chi connectivity index (χ3v) is 3.87. The smallest absolute Gasteiger partial charge is 0.102 e. The highest BCUT2D eigenvalue weighted by atomic mass is 19.1. The third-order valence-electron chi connectivity index (χ3n) is 3.87. The summed E-state index contributed by atoms with van der Waals surface area (Å²) in [6.45, 7) is 8.21. The van der Waals surface area contributed by atoms with Gasteiger partial charge in [-0.1, -0.05) is 0 Å². The van der Waals surface area contributed by atoms with E-state index in [2.05, 4.69) is 24.1 Å². The molecule has 2 aliphatic rings. The van der Waals surface area contributed by atoms with Gasteiger partial charge in [-0.15, -0.1) is 0 Å². The molecule has 2 nitrogen and oxygen atoms in total. The lowest BCUT2D eigenvalue weighted by atomic mass is 9.85. The van der Waals surface area contributed by atoms with Gasteiger partial charge in [0.25, 0.3) is 0 Å². The zero-order chi connectivity index (χ0) is 9.47. The van der Waals surface area contributed by atoms with Crippen molar-refractivity contribution >= 4 is 0 Å². The second-order valence-corrected chi connectivity index (χ2v) is 4.81. The van der Waals surface area contributed by atoms with Gasteiger partial charge in [-0.3, -0.25) is 4.90 Å². The Morgan fingerprint density at radius 2 is 2.23 bits per heavy atom. The number of halogens is 1. The monoisotopic (exact) mass is 186 g/mol. The largest absolute Gasteiger partial charge is 0.316 e. The van der Waals surface area contributed by atoms with Crippen molar-refractivity contribution < 1.29 is 4.39 Å². The Hall–Kier alpha value is -0.150. The van der Waals surface area contributed by atoms with Crippen LogP contribution >= 0.6 is 0 Å². The van der Waals surface area contributed by atoms with Crippen molar-refractivity contribution in [3.63, 3.8) is 0 Å². The molecule has 0 bridgehead atoms. The van der Waals surface area contributed by atoms with Crippen molar-refractivity contribution in [2.75, 3.05) is 32.9 Å². The van der Waals surface area contributed by atoms with Gasteiger partial charge in [0.1, 0.15) is 6.67 Å². The summed E-state index contributed by atoms with van der Waals surface area (Å²) in [6, 6.07) is 0. The molecular formula is C10H19FN2. The minimum absolute atomic E-state index is 0.195. The first kappa shape index (κ1) is 9.41. The van der Waals surface area contributed by atoms with E-state index in [0.717, 1.165) is 31.5 Å². The number of rotatable bonds is 2. The fourth-order valence-electron chi connectivity index (χ4n) is 2.99. The van der Waals surface area contributed by atoms with Crippen LogP contribution in [0.5, 0.6) is 0 Å². The first-order valence-corrected chi connectivity index (χ1v) is 5.18. The molecule has 0 radical (unpaired) electrons. The number of hydrogen-bond acceptors (Lipinski definition) is 2. The number of fused-ring (bicyclic) bond motifs is 1.